The zero-order valence-electron chi connectivity index (χ0n) is 18.4. The van der Waals surface area contributed by atoms with Gasteiger partial charge < -0.3 is 20.7 Å². The van der Waals surface area contributed by atoms with Gasteiger partial charge >= 0.3 is 5.97 Å². The van der Waals surface area contributed by atoms with E-state index in [-0.39, 0.29) is 33.1 Å². The maximum Gasteiger partial charge on any atom is 0.338 e. The van der Waals surface area contributed by atoms with Gasteiger partial charge in [-0.15, -0.1) is 11.3 Å². The molecule has 3 aromatic rings. The number of esters is 1. The number of fused-ring (bicyclic) bond motifs is 1. The molecule has 34 heavy (non-hydrogen) atoms. The highest BCUT2D eigenvalue weighted by Gasteiger charge is 2.36. The molecule has 172 valence electrons. The second-order valence-electron chi connectivity index (χ2n) is 7.95. The summed E-state index contributed by atoms with van der Waals surface area (Å²) in [7, 11) is 0. The number of nitriles is 1. The van der Waals surface area contributed by atoms with E-state index in [1.165, 1.54) is 28.8 Å². The Bertz CT molecular complexity index is 1520. The predicted molar refractivity (Wildman–Crippen MR) is 128 cm³/mol. The molecule has 9 heteroatoms. The highest BCUT2D eigenvalue weighted by molar-refractivity contribution is 7.07. The Kier molecular flexibility index (Phi) is 6.01. The van der Waals surface area contributed by atoms with E-state index in [9.17, 15) is 25.1 Å². The predicted octanol–water partition coefficient (Wildman–Crippen LogP) is 1.70. The van der Waals surface area contributed by atoms with Gasteiger partial charge in [-0.3, -0.25) is 9.36 Å². The number of thiazole rings is 1. The van der Waals surface area contributed by atoms with Crippen LogP contribution in [0.4, 0.5) is 0 Å². The molecule has 0 saturated carbocycles. The fourth-order valence-electron chi connectivity index (χ4n) is 3.74. The van der Waals surface area contributed by atoms with Crippen LogP contribution in [0.3, 0.4) is 0 Å². The van der Waals surface area contributed by atoms with Crippen molar-refractivity contribution in [3.05, 3.63) is 84.8 Å². The van der Waals surface area contributed by atoms with E-state index in [2.05, 4.69) is 6.07 Å². The third kappa shape index (κ3) is 4.07. The molecule has 0 amide bonds. The summed E-state index contributed by atoms with van der Waals surface area (Å²) < 4.78 is 7.22. The molecule has 1 aliphatic heterocycles. The Morgan fingerprint density at radius 3 is 2.29 bits per heavy atom. The summed E-state index contributed by atoms with van der Waals surface area (Å²) in [5.41, 5.74) is 7.21. The molecule has 1 aliphatic rings. The van der Waals surface area contributed by atoms with E-state index in [4.69, 9.17) is 10.5 Å². The van der Waals surface area contributed by atoms with Crippen molar-refractivity contribution < 1.29 is 19.7 Å². The Labute approximate surface area is 198 Å². The highest BCUT2D eigenvalue weighted by atomic mass is 32.1. The van der Waals surface area contributed by atoms with Crippen LogP contribution in [0.15, 0.2) is 58.9 Å². The standard InChI is InChI=1S/C25H21N3O5S/c1-13(2)33-25(32)21-20(15-5-9-17(30)10-6-15)18(12-26)22(27)28-23(31)19(34-24(21)28)11-14-3-7-16(29)8-4-14/h3-11,13,20,29-30H,27H2,1-2H3/b19-11-/t20-/m1/s1. The quantitative estimate of drug-likeness (QED) is 0.488. The molecule has 0 unspecified atom stereocenters. The van der Waals surface area contributed by atoms with Gasteiger partial charge in [0.25, 0.3) is 5.56 Å². The summed E-state index contributed by atoms with van der Waals surface area (Å²) in [5, 5.41) is 29.2. The summed E-state index contributed by atoms with van der Waals surface area (Å²) in [6, 6.07) is 14.4. The first-order chi connectivity index (χ1) is 16.2. The van der Waals surface area contributed by atoms with Gasteiger partial charge in [0.2, 0.25) is 0 Å². The summed E-state index contributed by atoms with van der Waals surface area (Å²) in [5.74, 6) is -1.49. The van der Waals surface area contributed by atoms with Crippen LogP contribution in [-0.4, -0.2) is 26.9 Å². The third-order valence-electron chi connectivity index (χ3n) is 5.25. The lowest BCUT2D eigenvalue weighted by molar-refractivity contribution is -0.140. The van der Waals surface area contributed by atoms with Gasteiger partial charge in [0.1, 0.15) is 22.0 Å². The molecular weight excluding hydrogens is 454 g/mol. The number of benzene rings is 2. The van der Waals surface area contributed by atoms with Crippen molar-refractivity contribution in [1.82, 2.24) is 4.57 Å². The van der Waals surface area contributed by atoms with E-state index >= 15 is 0 Å². The maximum absolute atomic E-state index is 13.3. The van der Waals surface area contributed by atoms with Crippen LogP contribution in [0.1, 0.15) is 30.9 Å². The number of aromatic hydroxyl groups is 2. The smallest absolute Gasteiger partial charge is 0.338 e. The number of allylic oxidation sites excluding steroid dienone is 1. The number of nitrogens with zero attached hydrogens (tertiary/aromatic N) is 2. The number of nitrogens with two attached hydrogens (primary N) is 1. The summed E-state index contributed by atoms with van der Waals surface area (Å²) in [4.78, 5) is 26.6. The Hall–Kier alpha value is -4.29. The monoisotopic (exact) mass is 475 g/mol. The molecule has 0 spiro atoms. The molecule has 0 saturated heterocycles. The van der Waals surface area contributed by atoms with Gasteiger partial charge in [-0.1, -0.05) is 24.3 Å². The SMILES string of the molecule is CC(C)OC(=O)C1=c2s/c(=C\c3ccc(O)cc3)c(=O)n2C(N)=C(C#N)[C@H]1c1ccc(O)cc1. The summed E-state index contributed by atoms with van der Waals surface area (Å²) >= 11 is 1.06. The van der Waals surface area contributed by atoms with Gasteiger partial charge in [0.15, 0.2) is 0 Å². The zero-order valence-corrected chi connectivity index (χ0v) is 19.2. The molecule has 0 radical (unpaired) electrons. The molecule has 4 N–H and O–H groups in total. The van der Waals surface area contributed by atoms with Gasteiger partial charge in [0.05, 0.1) is 33.8 Å². The number of rotatable bonds is 4. The molecule has 2 aromatic carbocycles. The molecule has 1 aromatic heterocycles. The summed E-state index contributed by atoms with van der Waals surface area (Å²) in [6.07, 6.45) is 1.19. The first-order valence-corrected chi connectivity index (χ1v) is 11.2. The lowest BCUT2D eigenvalue weighted by atomic mass is 9.84. The van der Waals surface area contributed by atoms with E-state index in [0.29, 0.717) is 15.7 Å². The molecule has 8 nitrogen and oxygen atoms in total. The number of phenolic OH excluding ortho intramolecular Hbond substituents is 2. The zero-order chi connectivity index (χ0) is 24.6. The van der Waals surface area contributed by atoms with Crippen molar-refractivity contribution in [2.75, 3.05) is 0 Å². The van der Waals surface area contributed by atoms with Crippen LogP contribution in [0.25, 0.3) is 17.5 Å². The van der Waals surface area contributed by atoms with E-state index in [1.807, 2.05) is 0 Å². The normalized spacial score (nSPS) is 15.9. The lowest BCUT2D eigenvalue weighted by Gasteiger charge is -2.25. The third-order valence-corrected chi connectivity index (χ3v) is 6.36. The Morgan fingerprint density at radius 2 is 1.74 bits per heavy atom. The average molecular weight is 476 g/mol. The number of hydrogen-bond acceptors (Lipinski definition) is 8. The van der Waals surface area contributed by atoms with Crippen molar-refractivity contribution in [3.63, 3.8) is 0 Å². The second kappa shape index (κ2) is 8.92. The number of hydrogen-bond donors (Lipinski definition) is 3. The van der Waals surface area contributed by atoms with Crippen LogP contribution in [0.5, 0.6) is 11.5 Å². The Morgan fingerprint density at radius 1 is 1.15 bits per heavy atom. The van der Waals surface area contributed by atoms with Crippen molar-refractivity contribution >= 4 is 34.8 Å². The minimum atomic E-state index is -0.878. The van der Waals surface area contributed by atoms with Crippen LogP contribution in [0, 0.1) is 11.3 Å². The van der Waals surface area contributed by atoms with Crippen molar-refractivity contribution in [2.45, 2.75) is 25.9 Å². The van der Waals surface area contributed by atoms with Crippen LogP contribution in [0.2, 0.25) is 0 Å². The fraction of sp³-hybridized carbons (Fsp3) is 0.160. The molecule has 4 rings (SSSR count). The second-order valence-corrected chi connectivity index (χ2v) is 8.98. The van der Waals surface area contributed by atoms with E-state index in [1.54, 1.807) is 44.2 Å². The van der Waals surface area contributed by atoms with Crippen molar-refractivity contribution in [1.29, 1.82) is 5.26 Å². The molecule has 0 bridgehead atoms. The Balaban J connectivity index is 2.08. The first kappa shape index (κ1) is 22.9. The fourth-order valence-corrected chi connectivity index (χ4v) is 4.91. The van der Waals surface area contributed by atoms with Gasteiger partial charge in [-0.25, -0.2) is 4.79 Å². The number of carbonyl (C=O) groups excluding carboxylic acids is 1. The lowest BCUT2D eigenvalue weighted by Crippen LogP contribution is -2.40. The van der Waals surface area contributed by atoms with Crippen LogP contribution >= 0.6 is 11.3 Å². The topological polar surface area (TPSA) is 139 Å². The maximum atomic E-state index is 13.3. The van der Waals surface area contributed by atoms with Crippen LogP contribution in [-0.2, 0) is 9.53 Å². The largest absolute Gasteiger partial charge is 0.508 e. The van der Waals surface area contributed by atoms with Gasteiger partial charge in [-0.05, 0) is 55.3 Å². The van der Waals surface area contributed by atoms with Gasteiger partial charge in [-0.2, -0.15) is 5.26 Å². The molecule has 0 aliphatic carbocycles. The summed E-state index contributed by atoms with van der Waals surface area (Å²) in [6.45, 7) is 3.41. The number of phenols is 2. The first-order valence-electron chi connectivity index (χ1n) is 10.4. The van der Waals surface area contributed by atoms with E-state index in [0.717, 1.165) is 11.3 Å². The highest BCUT2D eigenvalue weighted by Crippen LogP contribution is 2.37. The van der Waals surface area contributed by atoms with Crippen molar-refractivity contribution in [2.24, 2.45) is 5.73 Å². The number of aromatic nitrogens is 1. The molecule has 2 heterocycles. The van der Waals surface area contributed by atoms with Crippen LogP contribution < -0.4 is 20.5 Å². The minimum Gasteiger partial charge on any atom is -0.508 e. The molecular formula is C25H21N3O5S. The minimum absolute atomic E-state index is 0.0279. The molecule has 1 atom stereocenters. The van der Waals surface area contributed by atoms with Gasteiger partial charge in [0, 0.05) is 0 Å². The number of ether oxygens (including phenoxy) is 1. The van der Waals surface area contributed by atoms with Crippen molar-refractivity contribution in [3.8, 4) is 17.6 Å². The number of carbonyl (C=O) groups is 1. The average Bonchev–Trinajstić information content (AvgIpc) is 3.11. The molecule has 0 fully saturated rings. The van der Waals surface area contributed by atoms with E-state index < -0.39 is 23.6 Å².